The zero-order valence-corrected chi connectivity index (χ0v) is 10.9. The maximum atomic E-state index is 3.48. The molecule has 2 aliphatic heterocycles. The molecule has 0 aliphatic carbocycles. The minimum Gasteiger partial charge on any atom is -0.370 e. The molecule has 1 aromatic rings. The van der Waals surface area contributed by atoms with E-state index in [4.69, 9.17) is 0 Å². The van der Waals surface area contributed by atoms with Crippen LogP contribution in [0.3, 0.4) is 0 Å². The van der Waals surface area contributed by atoms with Gasteiger partial charge < -0.3 is 10.2 Å². The lowest BCUT2D eigenvalue weighted by Crippen LogP contribution is -2.57. The van der Waals surface area contributed by atoms with Crippen molar-refractivity contribution in [2.45, 2.75) is 26.2 Å². The minimum absolute atomic E-state index is 0.594. The fourth-order valence-electron chi connectivity index (χ4n) is 3.08. The SMILES string of the molecule is CC(C)c1ccc(N2CC3(CCNC3)C2)cc1. The Bertz CT molecular complexity index is 380. The normalized spacial score (nSPS) is 22.2. The summed E-state index contributed by atoms with van der Waals surface area (Å²) in [7, 11) is 0. The molecule has 2 heteroatoms. The van der Waals surface area contributed by atoms with Gasteiger partial charge in [-0.1, -0.05) is 26.0 Å². The molecule has 2 saturated heterocycles. The Morgan fingerprint density at radius 1 is 1.18 bits per heavy atom. The summed E-state index contributed by atoms with van der Waals surface area (Å²) in [5.74, 6) is 0.630. The van der Waals surface area contributed by atoms with Crippen LogP contribution in [0.4, 0.5) is 5.69 Å². The molecular formula is C15H22N2. The van der Waals surface area contributed by atoms with Crippen molar-refractivity contribution in [1.82, 2.24) is 5.32 Å². The van der Waals surface area contributed by atoms with Crippen LogP contribution in [0.25, 0.3) is 0 Å². The van der Waals surface area contributed by atoms with Gasteiger partial charge in [-0.15, -0.1) is 0 Å². The Labute approximate surface area is 104 Å². The van der Waals surface area contributed by atoms with Crippen LogP contribution in [0.1, 0.15) is 31.7 Å². The van der Waals surface area contributed by atoms with Gasteiger partial charge in [0.15, 0.2) is 0 Å². The highest BCUT2D eigenvalue weighted by atomic mass is 15.2. The maximum absolute atomic E-state index is 3.48. The third-order valence-corrected chi connectivity index (χ3v) is 4.31. The van der Waals surface area contributed by atoms with Crippen LogP contribution in [0, 0.1) is 5.41 Å². The largest absolute Gasteiger partial charge is 0.370 e. The highest BCUT2D eigenvalue weighted by molar-refractivity contribution is 5.51. The number of benzene rings is 1. The summed E-state index contributed by atoms with van der Waals surface area (Å²) in [6, 6.07) is 9.12. The van der Waals surface area contributed by atoms with Crippen LogP contribution >= 0.6 is 0 Å². The third-order valence-electron chi connectivity index (χ3n) is 4.31. The van der Waals surface area contributed by atoms with Gasteiger partial charge in [0, 0.05) is 30.7 Å². The van der Waals surface area contributed by atoms with Crippen LogP contribution in [-0.2, 0) is 0 Å². The van der Waals surface area contributed by atoms with Gasteiger partial charge in [-0.25, -0.2) is 0 Å². The average Bonchev–Trinajstić information content (AvgIpc) is 2.76. The second-order valence-electron chi connectivity index (χ2n) is 6.03. The topological polar surface area (TPSA) is 15.3 Å². The molecule has 0 radical (unpaired) electrons. The fraction of sp³-hybridized carbons (Fsp3) is 0.600. The first-order chi connectivity index (χ1) is 8.19. The summed E-state index contributed by atoms with van der Waals surface area (Å²) >= 11 is 0. The van der Waals surface area contributed by atoms with Crippen LogP contribution in [-0.4, -0.2) is 26.2 Å². The van der Waals surface area contributed by atoms with E-state index in [-0.39, 0.29) is 0 Å². The summed E-state index contributed by atoms with van der Waals surface area (Å²) in [5.41, 5.74) is 3.43. The van der Waals surface area contributed by atoms with Crippen molar-refractivity contribution >= 4 is 5.69 Å². The first kappa shape index (κ1) is 11.1. The molecule has 17 heavy (non-hydrogen) atoms. The van der Waals surface area contributed by atoms with Gasteiger partial charge in [0.05, 0.1) is 0 Å². The van der Waals surface area contributed by atoms with Gasteiger partial charge in [-0.05, 0) is 36.6 Å². The molecular weight excluding hydrogens is 208 g/mol. The van der Waals surface area contributed by atoms with E-state index in [2.05, 4.69) is 48.3 Å². The van der Waals surface area contributed by atoms with E-state index >= 15 is 0 Å². The van der Waals surface area contributed by atoms with Gasteiger partial charge in [0.2, 0.25) is 0 Å². The fourth-order valence-corrected chi connectivity index (χ4v) is 3.08. The van der Waals surface area contributed by atoms with E-state index in [1.54, 1.807) is 0 Å². The van der Waals surface area contributed by atoms with E-state index in [9.17, 15) is 0 Å². The number of hydrogen-bond acceptors (Lipinski definition) is 2. The van der Waals surface area contributed by atoms with Crippen molar-refractivity contribution in [1.29, 1.82) is 0 Å². The average molecular weight is 230 g/mol. The van der Waals surface area contributed by atoms with Crippen molar-refractivity contribution in [3.8, 4) is 0 Å². The summed E-state index contributed by atoms with van der Waals surface area (Å²) in [6.07, 6.45) is 1.35. The molecule has 0 aromatic heterocycles. The van der Waals surface area contributed by atoms with Gasteiger partial charge in [-0.3, -0.25) is 0 Å². The zero-order chi connectivity index (χ0) is 11.9. The summed E-state index contributed by atoms with van der Waals surface area (Å²) in [6.45, 7) is 9.39. The second-order valence-corrected chi connectivity index (χ2v) is 6.03. The minimum atomic E-state index is 0.594. The summed E-state index contributed by atoms with van der Waals surface area (Å²) in [5, 5.41) is 3.48. The van der Waals surface area contributed by atoms with E-state index in [1.807, 2.05) is 0 Å². The number of rotatable bonds is 2. The highest BCUT2D eigenvalue weighted by Crippen LogP contribution is 2.39. The molecule has 0 amide bonds. The lowest BCUT2D eigenvalue weighted by atomic mass is 9.79. The molecule has 92 valence electrons. The van der Waals surface area contributed by atoms with E-state index in [1.165, 1.54) is 43.9 Å². The molecule has 3 rings (SSSR count). The molecule has 0 unspecified atom stereocenters. The van der Waals surface area contributed by atoms with Crippen molar-refractivity contribution in [2.75, 3.05) is 31.1 Å². The highest BCUT2D eigenvalue weighted by Gasteiger charge is 2.44. The van der Waals surface area contributed by atoms with Gasteiger partial charge >= 0.3 is 0 Å². The summed E-state index contributed by atoms with van der Waals surface area (Å²) < 4.78 is 0. The first-order valence-electron chi connectivity index (χ1n) is 6.74. The standard InChI is InChI=1S/C15H22N2/c1-12(2)13-3-5-14(6-4-13)17-10-15(11-17)7-8-16-9-15/h3-6,12,16H,7-11H2,1-2H3. The monoisotopic (exact) mass is 230 g/mol. The predicted molar refractivity (Wildman–Crippen MR) is 72.7 cm³/mol. The molecule has 2 heterocycles. The molecule has 0 saturated carbocycles. The Kier molecular flexibility index (Phi) is 2.62. The third kappa shape index (κ3) is 1.95. The van der Waals surface area contributed by atoms with Gasteiger partial charge in [0.25, 0.3) is 0 Å². The van der Waals surface area contributed by atoms with Crippen LogP contribution in [0.5, 0.6) is 0 Å². The van der Waals surface area contributed by atoms with Crippen LogP contribution < -0.4 is 10.2 Å². The molecule has 2 aliphatic rings. The molecule has 0 atom stereocenters. The van der Waals surface area contributed by atoms with Gasteiger partial charge in [-0.2, -0.15) is 0 Å². The quantitative estimate of drug-likeness (QED) is 0.840. The van der Waals surface area contributed by atoms with Crippen molar-refractivity contribution in [2.24, 2.45) is 5.41 Å². The molecule has 1 spiro atoms. The maximum Gasteiger partial charge on any atom is 0.0366 e. The second kappa shape index (κ2) is 4.02. The van der Waals surface area contributed by atoms with Crippen molar-refractivity contribution < 1.29 is 0 Å². The van der Waals surface area contributed by atoms with Crippen LogP contribution in [0.15, 0.2) is 24.3 Å². The number of hydrogen-bond donors (Lipinski definition) is 1. The first-order valence-corrected chi connectivity index (χ1v) is 6.74. The van der Waals surface area contributed by atoms with Crippen LogP contribution in [0.2, 0.25) is 0 Å². The number of anilines is 1. The molecule has 1 aromatic carbocycles. The van der Waals surface area contributed by atoms with E-state index in [0.717, 1.165) is 0 Å². The lowest BCUT2D eigenvalue weighted by Gasteiger charge is -2.49. The predicted octanol–water partition coefficient (Wildman–Crippen LogP) is 2.61. The smallest absolute Gasteiger partial charge is 0.0366 e. The number of nitrogens with zero attached hydrogens (tertiary/aromatic N) is 1. The molecule has 0 bridgehead atoms. The van der Waals surface area contributed by atoms with Crippen molar-refractivity contribution in [3.05, 3.63) is 29.8 Å². The van der Waals surface area contributed by atoms with Crippen molar-refractivity contribution in [3.63, 3.8) is 0 Å². The molecule has 2 nitrogen and oxygen atoms in total. The Hall–Kier alpha value is -1.02. The zero-order valence-electron chi connectivity index (χ0n) is 10.9. The lowest BCUT2D eigenvalue weighted by molar-refractivity contribution is 0.243. The van der Waals surface area contributed by atoms with Gasteiger partial charge in [0.1, 0.15) is 0 Å². The Morgan fingerprint density at radius 2 is 1.88 bits per heavy atom. The van der Waals surface area contributed by atoms with E-state index < -0.39 is 0 Å². The molecule has 2 fully saturated rings. The molecule has 1 N–H and O–H groups in total. The summed E-state index contributed by atoms with van der Waals surface area (Å²) in [4.78, 5) is 2.51. The number of nitrogens with one attached hydrogen (secondary N) is 1. The Morgan fingerprint density at radius 3 is 2.41 bits per heavy atom. The van der Waals surface area contributed by atoms with E-state index in [0.29, 0.717) is 11.3 Å². The Balaban J connectivity index is 1.66.